The van der Waals surface area contributed by atoms with E-state index in [-0.39, 0.29) is 42.7 Å². The van der Waals surface area contributed by atoms with Crippen LogP contribution in [-0.4, -0.2) is 54.7 Å². The number of amides is 1. The first-order chi connectivity index (χ1) is 12.7. The van der Waals surface area contributed by atoms with Crippen LogP contribution in [0.4, 0.5) is 0 Å². The number of carbonyl (C=O) groups excluding carboxylic acids is 1. The molecule has 1 aliphatic rings. The molecule has 1 amide bonds. The Balaban J connectivity index is 1.65. The Labute approximate surface area is 170 Å². The molecule has 0 unspecified atom stereocenters. The second-order valence-electron chi connectivity index (χ2n) is 6.12. The van der Waals surface area contributed by atoms with Gasteiger partial charge in [0.1, 0.15) is 0 Å². The standard InChI is InChI=1S/C16H17Cl2N3O4S2/c1-10-15(26-16(23)19-10)27(24,25)21-6-4-20(5-7-21)14(22)8-11-2-3-12(17)9-13(11)18/h2-3,9H,4-8H2,1H3,(H,19,23). The fourth-order valence-corrected chi connectivity index (χ4v) is 6.20. The fourth-order valence-electron chi connectivity index (χ4n) is 2.87. The van der Waals surface area contributed by atoms with Crippen LogP contribution in [0.1, 0.15) is 11.3 Å². The molecule has 3 rings (SSSR count). The number of sulfonamides is 1. The summed E-state index contributed by atoms with van der Waals surface area (Å²) in [5.74, 6) is -0.126. The number of nitrogens with one attached hydrogen (secondary N) is 1. The first-order valence-corrected chi connectivity index (χ1v) is 11.1. The monoisotopic (exact) mass is 449 g/mol. The summed E-state index contributed by atoms with van der Waals surface area (Å²) in [6.45, 7) is 2.46. The van der Waals surface area contributed by atoms with Crippen molar-refractivity contribution in [3.05, 3.63) is 49.2 Å². The van der Waals surface area contributed by atoms with E-state index in [1.165, 1.54) is 4.31 Å². The largest absolute Gasteiger partial charge is 0.340 e. The molecular weight excluding hydrogens is 433 g/mol. The van der Waals surface area contributed by atoms with Gasteiger partial charge in [0.2, 0.25) is 5.91 Å². The summed E-state index contributed by atoms with van der Waals surface area (Å²) in [5.41, 5.74) is 1.01. The molecule has 1 aromatic heterocycles. The molecule has 1 fully saturated rings. The first kappa shape index (κ1) is 20.3. The summed E-state index contributed by atoms with van der Waals surface area (Å²) in [7, 11) is -3.74. The predicted octanol–water partition coefficient (Wildman–Crippen LogP) is 2.13. The number of rotatable bonds is 4. The van der Waals surface area contributed by atoms with Crippen molar-refractivity contribution in [1.29, 1.82) is 0 Å². The number of nitrogens with zero attached hydrogens (tertiary/aromatic N) is 2. The van der Waals surface area contributed by atoms with Gasteiger partial charge in [-0.1, -0.05) is 40.6 Å². The molecule has 7 nitrogen and oxygen atoms in total. The van der Waals surface area contributed by atoms with Gasteiger partial charge >= 0.3 is 4.87 Å². The van der Waals surface area contributed by atoms with Crippen molar-refractivity contribution in [2.24, 2.45) is 0 Å². The molecule has 2 heterocycles. The lowest BCUT2D eigenvalue weighted by molar-refractivity contribution is -0.131. The van der Waals surface area contributed by atoms with Gasteiger partial charge in [0, 0.05) is 41.9 Å². The highest BCUT2D eigenvalue weighted by Crippen LogP contribution is 2.24. The minimum Gasteiger partial charge on any atom is -0.340 e. The maximum absolute atomic E-state index is 12.7. The molecule has 1 aromatic carbocycles. The number of piperazine rings is 1. The average molecular weight is 450 g/mol. The van der Waals surface area contributed by atoms with Crippen LogP contribution in [-0.2, 0) is 21.2 Å². The second kappa shape index (κ2) is 7.92. The van der Waals surface area contributed by atoms with E-state index in [4.69, 9.17) is 23.2 Å². The molecule has 1 N–H and O–H groups in total. The number of aromatic amines is 1. The highest BCUT2D eigenvalue weighted by atomic mass is 35.5. The Kier molecular flexibility index (Phi) is 5.97. The number of H-pyrrole nitrogens is 1. The normalized spacial score (nSPS) is 15.9. The molecule has 0 atom stereocenters. The van der Waals surface area contributed by atoms with Gasteiger partial charge in [-0.3, -0.25) is 9.59 Å². The Bertz CT molecular complexity index is 1020. The molecule has 1 saturated heterocycles. The molecular formula is C16H17Cl2N3O4S2. The van der Waals surface area contributed by atoms with Crippen molar-refractivity contribution < 1.29 is 13.2 Å². The molecule has 1 aliphatic heterocycles. The zero-order valence-electron chi connectivity index (χ0n) is 14.4. The van der Waals surface area contributed by atoms with Crippen LogP contribution in [0.3, 0.4) is 0 Å². The van der Waals surface area contributed by atoms with Gasteiger partial charge in [-0.25, -0.2) is 8.42 Å². The minimum atomic E-state index is -3.74. The zero-order chi connectivity index (χ0) is 19.8. The van der Waals surface area contributed by atoms with Gasteiger partial charge in [-0.15, -0.1) is 0 Å². The van der Waals surface area contributed by atoms with Gasteiger partial charge in [0.05, 0.1) is 6.42 Å². The van der Waals surface area contributed by atoms with E-state index in [9.17, 15) is 18.0 Å². The smallest absolute Gasteiger partial charge is 0.305 e. The highest BCUT2D eigenvalue weighted by molar-refractivity contribution is 7.91. The maximum atomic E-state index is 12.7. The van der Waals surface area contributed by atoms with Gasteiger partial charge in [0.25, 0.3) is 10.0 Å². The Morgan fingerprint density at radius 2 is 1.89 bits per heavy atom. The number of hydrogen-bond donors (Lipinski definition) is 1. The lowest BCUT2D eigenvalue weighted by Crippen LogP contribution is -2.50. The molecule has 0 aliphatic carbocycles. The molecule has 0 bridgehead atoms. The van der Waals surface area contributed by atoms with E-state index < -0.39 is 14.9 Å². The Morgan fingerprint density at radius 3 is 2.44 bits per heavy atom. The predicted molar refractivity (Wildman–Crippen MR) is 105 cm³/mol. The third-order valence-corrected chi connectivity index (χ3v) is 8.37. The van der Waals surface area contributed by atoms with Crippen LogP contribution in [0.15, 0.2) is 27.2 Å². The Hall–Kier alpha value is -1.39. The van der Waals surface area contributed by atoms with Crippen LogP contribution < -0.4 is 4.87 Å². The highest BCUT2D eigenvalue weighted by Gasteiger charge is 2.32. The van der Waals surface area contributed by atoms with E-state index >= 15 is 0 Å². The number of aromatic nitrogens is 1. The summed E-state index contributed by atoms with van der Waals surface area (Å²) in [6, 6.07) is 4.96. The van der Waals surface area contributed by atoms with Gasteiger partial charge in [-0.2, -0.15) is 4.31 Å². The van der Waals surface area contributed by atoms with E-state index in [1.807, 2.05) is 0 Å². The number of benzene rings is 1. The molecule has 27 heavy (non-hydrogen) atoms. The molecule has 11 heteroatoms. The third kappa shape index (κ3) is 4.38. The maximum Gasteiger partial charge on any atom is 0.305 e. The van der Waals surface area contributed by atoms with E-state index in [1.54, 1.807) is 30.0 Å². The fraction of sp³-hybridized carbons (Fsp3) is 0.375. The first-order valence-electron chi connectivity index (χ1n) is 8.10. The van der Waals surface area contributed by atoms with Crippen molar-refractivity contribution >= 4 is 50.5 Å². The van der Waals surface area contributed by atoms with Crippen LogP contribution in [0.2, 0.25) is 10.0 Å². The van der Waals surface area contributed by atoms with E-state index in [2.05, 4.69) is 4.98 Å². The summed E-state index contributed by atoms with van der Waals surface area (Å²) >= 11 is 12.7. The van der Waals surface area contributed by atoms with Crippen LogP contribution in [0.25, 0.3) is 0 Å². The number of hydrogen-bond acceptors (Lipinski definition) is 5. The molecule has 146 valence electrons. The van der Waals surface area contributed by atoms with Gasteiger partial charge in [0.15, 0.2) is 4.21 Å². The molecule has 0 saturated carbocycles. The average Bonchev–Trinajstić information content (AvgIpc) is 2.96. The number of halogens is 2. The van der Waals surface area contributed by atoms with Crippen LogP contribution in [0, 0.1) is 6.92 Å². The number of carbonyl (C=O) groups is 1. The molecule has 0 radical (unpaired) electrons. The lowest BCUT2D eigenvalue weighted by atomic mass is 10.1. The van der Waals surface area contributed by atoms with Crippen molar-refractivity contribution in [3.8, 4) is 0 Å². The van der Waals surface area contributed by atoms with Crippen molar-refractivity contribution in [3.63, 3.8) is 0 Å². The SMILES string of the molecule is Cc1[nH]c(=O)sc1S(=O)(=O)N1CCN(C(=O)Cc2ccc(Cl)cc2Cl)CC1. The van der Waals surface area contributed by atoms with Crippen molar-refractivity contribution in [1.82, 2.24) is 14.2 Å². The number of aryl methyl sites for hydroxylation is 1. The van der Waals surface area contributed by atoms with Crippen molar-refractivity contribution in [2.45, 2.75) is 17.6 Å². The summed E-state index contributed by atoms with van der Waals surface area (Å²) in [5, 5.41) is 0.923. The summed E-state index contributed by atoms with van der Waals surface area (Å²) < 4.78 is 26.8. The summed E-state index contributed by atoms with van der Waals surface area (Å²) in [4.78, 5) is 27.6. The van der Waals surface area contributed by atoms with E-state index in [0.29, 0.717) is 32.6 Å². The van der Waals surface area contributed by atoms with Crippen LogP contribution >= 0.6 is 34.5 Å². The molecule has 0 spiro atoms. The number of thiazole rings is 1. The topological polar surface area (TPSA) is 90.5 Å². The van der Waals surface area contributed by atoms with Crippen LogP contribution in [0.5, 0.6) is 0 Å². The summed E-state index contributed by atoms with van der Waals surface area (Å²) in [6.07, 6.45) is 0.126. The second-order valence-corrected chi connectivity index (χ2v) is 10.1. The minimum absolute atomic E-state index is 0.0280. The van der Waals surface area contributed by atoms with E-state index in [0.717, 1.165) is 0 Å². The quantitative estimate of drug-likeness (QED) is 0.773. The zero-order valence-corrected chi connectivity index (χ0v) is 17.5. The lowest BCUT2D eigenvalue weighted by Gasteiger charge is -2.33. The van der Waals surface area contributed by atoms with Gasteiger partial charge in [-0.05, 0) is 24.6 Å². The third-order valence-electron chi connectivity index (χ3n) is 4.30. The van der Waals surface area contributed by atoms with Gasteiger partial charge < -0.3 is 9.88 Å². The Morgan fingerprint density at radius 1 is 1.22 bits per heavy atom. The molecule has 2 aromatic rings. The van der Waals surface area contributed by atoms with Crippen molar-refractivity contribution in [2.75, 3.05) is 26.2 Å².